The van der Waals surface area contributed by atoms with Crippen LogP contribution in [0.5, 0.6) is 0 Å². The van der Waals surface area contributed by atoms with E-state index >= 15 is 0 Å². The molecule has 76 valence electrons. The number of nitrogens with one attached hydrogen (secondary N) is 2. The molecule has 0 aliphatic heterocycles. The van der Waals surface area contributed by atoms with Gasteiger partial charge in [-0.25, -0.2) is 0 Å². The van der Waals surface area contributed by atoms with Crippen molar-refractivity contribution < 1.29 is 0 Å². The van der Waals surface area contributed by atoms with E-state index in [1.807, 2.05) is 6.92 Å². The molecule has 0 aromatic carbocycles. The Balaban J connectivity index is 4.27. The first kappa shape index (κ1) is 11.8. The molecule has 8 N–H and O–H groups in total. The average molecular weight is 185 g/mol. The molecule has 0 aromatic heterocycles. The third-order valence-electron chi connectivity index (χ3n) is 1.53. The third-order valence-corrected chi connectivity index (χ3v) is 1.53. The summed E-state index contributed by atoms with van der Waals surface area (Å²) in [5.74, 6) is 0.380. The zero-order chi connectivity index (χ0) is 10.3. The lowest BCUT2D eigenvalue weighted by atomic mass is 10.2. The second-order valence-corrected chi connectivity index (χ2v) is 2.64. The number of nitrogens with two attached hydrogens (primary N) is 3. The highest BCUT2D eigenvalue weighted by Gasteiger charge is 2.00. The minimum absolute atomic E-state index is 0.380. The Morgan fingerprint density at radius 2 is 2.00 bits per heavy atom. The van der Waals surface area contributed by atoms with Crippen LogP contribution in [0.1, 0.15) is 13.3 Å². The Kier molecular flexibility index (Phi) is 5.75. The SMILES string of the molecule is C=C(N)N/C(CNCN)=C(\N)CC. The summed E-state index contributed by atoms with van der Waals surface area (Å²) in [7, 11) is 0. The van der Waals surface area contributed by atoms with E-state index in [0.717, 1.165) is 17.8 Å². The van der Waals surface area contributed by atoms with Crippen molar-refractivity contribution in [2.24, 2.45) is 17.2 Å². The van der Waals surface area contributed by atoms with Crippen LogP contribution in [0.3, 0.4) is 0 Å². The van der Waals surface area contributed by atoms with E-state index in [1.54, 1.807) is 0 Å². The molecule has 0 unspecified atom stereocenters. The number of hydrogen-bond donors (Lipinski definition) is 5. The first-order valence-electron chi connectivity index (χ1n) is 4.21. The van der Waals surface area contributed by atoms with Crippen molar-refractivity contribution in [3.63, 3.8) is 0 Å². The van der Waals surface area contributed by atoms with Crippen LogP contribution in [0.15, 0.2) is 23.8 Å². The van der Waals surface area contributed by atoms with E-state index in [2.05, 4.69) is 17.2 Å². The van der Waals surface area contributed by atoms with Crippen molar-refractivity contribution in [2.75, 3.05) is 13.2 Å². The molecule has 0 aliphatic rings. The van der Waals surface area contributed by atoms with Gasteiger partial charge in [-0.15, -0.1) is 0 Å². The molecular weight excluding hydrogens is 166 g/mol. The van der Waals surface area contributed by atoms with Gasteiger partial charge in [-0.1, -0.05) is 13.5 Å². The zero-order valence-electron chi connectivity index (χ0n) is 8.06. The first-order chi connectivity index (χ1) is 6.11. The monoisotopic (exact) mass is 185 g/mol. The summed E-state index contributed by atoms with van der Waals surface area (Å²) in [6.07, 6.45) is 0.766. The highest BCUT2D eigenvalue weighted by Crippen LogP contribution is 1.98. The minimum Gasteiger partial charge on any atom is -0.401 e. The molecule has 0 radical (unpaired) electrons. The summed E-state index contributed by atoms with van der Waals surface area (Å²) < 4.78 is 0. The summed E-state index contributed by atoms with van der Waals surface area (Å²) in [5.41, 5.74) is 18.0. The first-order valence-corrected chi connectivity index (χ1v) is 4.21. The van der Waals surface area contributed by atoms with Gasteiger partial charge in [0.2, 0.25) is 0 Å². The standard InChI is InChI=1S/C8H19N5/c1-3-7(11)8(4-12-5-9)13-6(2)10/h12-13H,2-5,9-11H2,1H3/b8-7-. The van der Waals surface area contributed by atoms with Gasteiger partial charge in [-0.2, -0.15) is 0 Å². The lowest BCUT2D eigenvalue weighted by Crippen LogP contribution is -2.32. The van der Waals surface area contributed by atoms with Gasteiger partial charge >= 0.3 is 0 Å². The van der Waals surface area contributed by atoms with Gasteiger partial charge in [0.15, 0.2) is 0 Å². The number of hydrogen-bond acceptors (Lipinski definition) is 5. The fourth-order valence-corrected chi connectivity index (χ4v) is 0.842. The van der Waals surface area contributed by atoms with Gasteiger partial charge in [0.05, 0.1) is 5.82 Å². The average Bonchev–Trinajstić information content (AvgIpc) is 2.10. The maximum Gasteiger partial charge on any atom is 0.0929 e. The number of allylic oxidation sites excluding steroid dienone is 1. The molecule has 0 spiro atoms. The summed E-state index contributed by atoms with van der Waals surface area (Å²) >= 11 is 0. The van der Waals surface area contributed by atoms with Crippen LogP contribution < -0.4 is 27.8 Å². The van der Waals surface area contributed by atoms with E-state index in [4.69, 9.17) is 17.2 Å². The van der Waals surface area contributed by atoms with E-state index in [1.165, 1.54) is 0 Å². The molecule has 0 saturated heterocycles. The molecule has 0 aromatic rings. The molecule has 0 fully saturated rings. The highest BCUT2D eigenvalue weighted by molar-refractivity contribution is 5.14. The minimum atomic E-state index is 0.380. The van der Waals surface area contributed by atoms with Crippen LogP contribution in [-0.2, 0) is 0 Å². The van der Waals surface area contributed by atoms with Crippen molar-refractivity contribution >= 4 is 0 Å². The van der Waals surface area contributed by atoms with Gasteiger partial charge in [0.1, 0.15) is 0 Å². The van der Waals surface area contributed by atoms with Gasteiger partial charge in [-0.05, 0) is 6.42 Å². The van der Waals surface area contributed by atoms with Crippen LogP contribution in [-0.4, -0.2) is 13.2 Å². The molecular formula is C8H19N5. The van der Waals surface area contributed by atoms with Gasteiger partial charge in [0.25, 0.3) is 0 Å². The van der Waals surface area contributed by atoms with E-state index < -0.39 is 0 Å². The van der Waals surface area contributed by atoms with Crippen molar-refractivity contribution in [2.45, 2.75) is 13.3 Å². The van der Waals surface area contributed by atoms with Crippen LogP contribution in [0.2, 0.25) is 0 Å². The Bertz CT molecular complexity index is 197. The van der Waals surface area contributed by atoms with Crippen LogP contribution >= 0.6 is 0 Å². The maximum absolute atomic E-state index is 5.75. The Hall–Kier alpha value is -1.20. The van der Waals surface area contributed by atoms with E-state index in [-0.39, 0.29) is 0 Å². The predicted molar refractivity (Wildman–Crippen MR) is 55.0 cm³/mol. The molecule has 0 bridgehead atoms. The highest BCUT2D eigenvalue weighted by atomic mass is 15.1. The molecule has 0 saturated carbocycles. The summed E-state index contributed by atoms with van der Waals surface area (Å²) in [4.78, 5) is 0. The topological polar surface area (TPSA) is 102 Å². The largest absolute Gasteiger partial charge is 0.401 e. The summed E-state index contributed by atoms with van der Waals surface area (Å²) in [6, 6.07) is 0. The number of rotatable bonds is 6. The van der Waals surface area contributed by atoms with Crippen molar-refractivity contribution in [3.8, 4) is 0 Å². The lowest BCUT2D eigenvalue weighted by molar-refractivity contribution is 0.708. The fraction of sp³-hybridized carbons (Fsp3) is 0.500. The quantitative estimate of drug-likeness (QED) is 0.345. The fourth-order valence-electron chi connectivity index (χ4n) is 0.842. The normalized spacial score (nSPS) is 12.2. The third kappa shape index (κ3) is 5.10. The van der Waals surface area contributed by atoms with Crippen LogP contribution in [0.4, 0.5) is 0 Å². The Labute approximate surface area is 79.0 Å². The molecule has 0 heterocycles. The molecule has 5 nitrogen and oxygen atoms in total. The second kappa shape index (κ2) is 6.33. The molecule has 0 rings (SSSR count). The summed E-state index contributed by atoms with van der Waals surface area (Å²) in [6.45, 7) is 6.49. The molecule has 0 atom stereocenters. The van der Waals surface area contributed by atoms with Gasteiger partial charge in [0, 0.05) is 24.6 Å². The predicted octanol–water partition coefficient (Wildman–Crippen LogP) is -0.908. The van der Waals surface area contributed by atoms with Crippen LogP contribution in [0, 0.1) is 0 Å². The van der Waals surface area contributed by atoms with Gasteiger partial charge in [-0.3, -0.25) is 5.32 Å². The molecule has 0 aliphatic carbocycles. The van der Waals surface area contributed by atoms with Crippen LogP contribution in [0.25, 0.3) is 0 Å². The van der Waals surface area contributed by atoms with Crippen molar-refractivity contribution in [1.82, 2.24) is 10.6 Å². The Morgan fingerprint density at radius 1 is 1.38 bits per heavy atom. The van der Waals surface area contributed by atoms with E-state index in [0.29, 0.717) is 19.0 Å². The molecule has 5 heteroatoms. The maximum atomic E-state index is 5.75. The lowest BCUT2D eigenvalue weighted by Gasteiger charge is -2.13. The smallest absolute Gasteiger partial charge is 0.0929 e. The Morgan fingerprint density at radius 3 is 2.38 bits per heavy atom. The van der Waals surface area contributed by atoms with Crippen molar-refractivity contribution in [1.29, 1.82) is 0 Å². The summed E-state index contributed by atoms with van der Waals surface area (Å²) in [5, 5.41) is 5.83. The molecule has 13 heavy (non-hydrogen) atoms. The van der Waals surface area contributed by atoms with Crippen molar-refractivity contribution in [3.05, 3.63) is 23.8 Å². The molecule has 0 amide bonds. The zero-order valence-corrected chi connectivity index (χ0v) is 8.06. The van der Waals surface area contributed by atoms with Gasteiger partial charge < -0.3 is 22.5 Å². The van der Waals surface area contributed by atoms with E-state index in [9.17, 15) is 0 Å². The second-order valence-electron chi connectivity index (χ2n) is 2.64.